The maximum Gasteiger partial charge on any atom is 0.125 e. The van der Waals surface area contributed by atoms with Crippen LogP contribution in [0.2, 0.25) is 0 Å². The number of nitrogens with zero attached hydrogens (tertiary/aromatic N) is 3. The SMILES string of the molecule is CCCNc1ccc(CN(C)CCN2CCCC2)cn1. The molecule has 1 aliphatic heterocycles. The van der Waals surface area contributed by atoms with Crippen LogP contribution in [0.15, 0.2) is 18.3 Å². The summed E-state index contributed by atoms with van der Waals surface area (Å²) in [4.78, 5) is 9.40. The molecule has 1 saturated heterocycles. The molecule has 0 spiro atoms. The van der Waals surface area contributed by atoms with E-state index in [0.717, 1.165) is 31.9 Å². The maximum atomic E-state index is 4.46. The van der Waals surface area contributed by atoms with Crippen molar-refractivity contribution in [1.82, 2.24) is 14.8 Å². The van der Waals surface area contributed by atoms with E-state index >= 15 is 0 Å². The molecule has 2 heterocycles. The first kappa shape index (κ1) is 15.3. The zero-order valence-electron chi connectivity index (χ0n) is 12.9. The summed E-state index contributed by atoms with van der Waals surface area (Å²) in [5, 5.41) is 3.31. The van der Waals surface area contributed by atoms with Gasteiger partial charge >= 0.3 is 0 Å². The average Bonchev–Trinajstić information content (AvgIpc) is 2.98. The fourth-order valence-electron chi connectivity index (χ4n) is 2.58. The van der Waals surface area contributed by atoms with E-state index in [4.69, 9.17) is 0 Å². The van der Waals surface area contributed by atoms with Crippen molar-refractivity contribution in [2.24, 2.45) is 0 Å². The van der Waals surface area contributed by atoms with Gasteiger partial charge < -0.3 is 15.1 Å². The lowest BCUT2D eigenvalue weighted by Gasteiger charge is -2.21. The number of likely N-dealkylation sites (tertiary alicyclic amines) is 1. The van der Waals surface area contributed by atoms with Gasteiger partial charge in [0.15, 0.2) is 0 Å². The quantitative estimate of drug-likeness (QED) is 0.790. The topological polar surface area (TPSA) is 31.4 Å². The van der Waals surface area contributed by atoms with Crippen LogP contribution in [0.5, 0.6) is 0 Å². The molecule has 1 N–H and O–H groups in total. The molecule has 0 aromatic carbocycles. The van der Waals surface area contributed by atoms with Gasteiger partial charge in [0.1, 0.15) is 5.82 Å². The van der Waals surface area contributed by atoms with Crippen LogP contribution >= 0.6 is 0 Å². The molecule has 4 nitrogen and oxygen atoms in total. The molecule has 112 valence electrons. The van der Waals surface area contributed by atoms with Gasteiger partial charge in [-0.25, -0.2) is 4.98 Å². The molecule has 0 atom stereocenters. The Morgan fingerprint density at radius 2 is 2.10 bits per heavy atom. The fourth-order valence-corrected chi connectivity index (χ4v) is 2.58. The number of hydrogen-bond donors (Lipinski definition) is 1. The predicted molar refractivity (Wildman–Crippen MR) is 85.0 cm³/mol. The summed E-state index contributed by atoms with van der Waals surface area (Å²) in [7, 11) is 2.19. The Morgan fingerprint density at radius 1 is 1.30 bits per heavy atom. The number of hydrogen-bond acceptors (Lipinski definition) is 4. The zero-order valence-corrected chi connectivity index (χ0v) is 12.9. The minimum Gasteiger partial charge on any atom is -0.370 e. The standard InChI is InChI=1S/C16H28N4/c1-3-8-17-16-7-6-15(13-18-16)14-19(2)11-12-20-9-4-5-10-20/h6-7,13H,3-5,8-12,14H2,1-2H3,(H,17,18). The van der Waals surface area contributed by atoms with E-state index in [1.54, 1.807) is 0 Å². The van der Waals surface area contributed by atoms with Crippen LogP contribution in [0.1, 0.15) is 31.7 Å². The number of rotatable bonds is 8. The van der Waals surface area contributed by atoms with Gasteiger partial charge in [-0.05, 0) is 51.0 Å². The van der Waals surface area contributed by atoms with Crippen molar-refractivity contribution in [2.45, 2.75) is 32.7 Å². The molecule has 0 radical (unpaired) electrons. The molecular weight excluding hydrogens is 248 g/mol. The lowest BCUT2D eigenvalue weighted by atomic mass is 10.2. The Bertz CT molecular complexity index is 371. The summed E-state index contributed by atoms with van der Waals surface area (Å²) < 4.78 is 0. The van der Waals surface area contributed by atoms with Gasteiger partial charge in [-0.1, -0.05) is 13.0 Å². The van der Waals surface area contributed by atoms with E-state index in [1.165, 1.54) is 38.0 Å². The predicted octanol–water partition coefficient (Wildman–Crippen LogP) is 2.43. The number of likely N-dealkylation sites (N-methyl/N-ethyl adjacent to an activating group) is 1. The lowest BCUT2D eigenvalue weighted by molar-refractivity contribution is 0.252. The van der Waals surface area contributed by atoms with Crippen LogP contribution in [0.4, 0.5) is 5.82 Å². The molecule has 20 heavy (non-hydrogen) atoms. The molecule has 0 saturated carbocycles. The Hall–Kier alpha value is -1.13. The molecule has 1 aromatic rings. The number of nitrogens with one attached hydrogen (secondary N) is 1. The summed E-state index contributed by atoms with van der Waals surface area (Å²) in [6.07, 6.45) is 5.87. The number of aromatic nitrogens is 1. The fraction of sp³-hybridized carbons (Fsp3) is 0.688. The summed E-state index contributed by atoms with van der Waals surface area (Å²) >= 11 is 0. The molecule has 0 amide bonds. The van der Waals surface area contributed by atoms with Crippen LogP contribution < -0.4 is 5.32 Å². The summed E-state index contributed by atoms with van der Waals surface area (Å²) in [5.41, 5.74) is 1.29. The highest BCUT2D eigenvalue weighted by molar-refractivity contribution is 5.35. The van der Waals surface area contributed by atoms with Crippen LogP contribution in [-0.4, -0.2) is 54.6 Å². The van der Waals surface area contributed by atoms with Crippen molar-refractivity contribution in [2.75, 3.05) is 45.1 Å². The molecule has 0 unspecified atom stereocenters. The monoisotopic (exact) mass is 276 g/mol. The molecule has 0 bridgehead atoms. The van der Waals surface area contributed by atoms with E-state index in [9.17, 15) is 0 Å². The highest BCUT2D eigenvalue weighted by Gasteiger charge is 2.11. The third-order valence-electron chi connectivity index (χ3n) is 3.83. The maximum absolute atomic E-state index is 4.46. The average molecular weight is 276 g/mol. The lowest BCUT2D eigenvalue weighted by Crippen LogP contribution is -2.31. The highest BCUT2D eigenvalue weighted by Crippen LogP contribution is 2.09. The Morgan fingerprint density at radius 3 is 2.75 bits per heavy atom. The van der Waals surface area contributed by atoms with Crippen LogP contribution in [0, 0.1) is 0 Å². The first-order valence-corrected chi connectivity index (χ1v) is 7.87. The Balaban J connectivity index is 1.71. The molecular formula is C16H28N4. The molecule has 1 aromatic heterocycles. The van der Waals surface area contributed by atoms with Crippen LogP contribution in [0.3, 0.4) is 0 Å². The van der Waals surface area contributed by atoms with Crippen molar-refractivity contribution in [3.05, 3.63) is 23.9 Å². The van der Waals surface area contributed by atoms with Crippen molar-refractivity contribution >= 4 is 5.82 Å². The van der Waals surface area contributed by atoms with Gasteiger partial charge in [0.05, 0.1) is 0 Å². The number of anilines is 1. The van der Waals surface area contributed by atoms with Crippen LogP contribution in [0.25, 0.3) is 0 Å². The van der Waals surface area contributed by atoms with Gasteiger partial charge in [-0.3, -0.25) is 0 Å². The molecule has 2 rings (SSSR count). The minimum atomic E-state index is 0.981. The van der Waals surface area contributed by atoms with Gasteiger partial charge in [0, 0.05) is 32.4 Å². The Kier molecular flexibility index (Phi) is 6.27. The van der Waals surface area contributed by atoms with Crippen molar-refractivity contribution in [1.29, 1.82) is 0 Å². The van der Waals surface area contributed by atoms with Crippen molar-refractivity contribution in [3.8, 4) is 0 Å². The van der Waals surface area contributed by atoms with E-state index in [1.807, 2.05) is 6.20 Å². The van der Waals surface area contributed by atoms with Gasteiger partial charge in [-0.2, -0.15) is 0 Å². The summed E-state index contributed by atoms with van der Waals surface area (Å²) in [5.74, 6) is 0.982. The third-order valence-corrected chi connectivity index (χ3v) is 3.83. The van der Waals surface area contributed by atoms with Crippen molar-refractivity contribution in [3.63, 3.8) is 0 Å². The summed E-state index contributed by atoms with van der Waals surface area (Å²) in [6, 6.07) is 4.26. The molecule has 0 aliphatic carbocycles. The molecule has 1 fully saturated rings. The van der Waals surface area contributed by atoms with E-state index in [-0.39, 0.29) is 0 Å². The van der Waals surface area contributed by atoms with Crippen LogP contribution in [-0.2, 0) is 6.54 Å². The van der Waals surface area contributed by atoms with Gasteiger partial charge in [-0.15, -0.1) is 0 Å². The van der Waals surface area contributed by atoms with E-state index in [0.29, 0.717) is 0 Å². The van der Waals surface area contributed by atoms with E-state index < -0.39 is 0 Å². The van der Waals surface area contributed by atoms with Gasteiger partial charge in [0.2, 0.25) is 0 Å². The first-order valence-electron chi connectivity index (χ1n) is 7.87. The second-order valence-corrected chi connectivity index (χ2v) is 5.76. The van der Waals surface area contributed by atoms with E-state index in [2.05, 4.69) is 46.2 Å². The smallest absolute Gasteiger partial charge is 0.125 e. The summed E-state index contributed by atoms with van der Waals surface area (Å²) in [6.45, 7) is 9.03. The molecule has 4 heteroatoms. The van der Waals surface area contributed by atoms with Crippen molar-refractivity contribution < 1.29 is 0 Å². The molecule has 1 aliphatic rings. The van der Waals surface area contributed by atoms with Gasteiger partial charge in [0.25, 0.3) is 0 Å². The normalized spacial score (nSPS) is 15.9. The number of pyridine rings is 1. The second-order valence-electron chi connectivity index (χ2n) is 5.76. The Labute approximate surface area is 123 Å². The third kappa shape index (κ3) is 5.10. The first-order chi connectivity index (χ1) is 9.78. The second kappa shape index (κ2) is 8.22. The largest absolute Gasteiger partial charge is 0.370 e. The highest BCUT2D eigenvalue weighted by atomic mass is 15.2. The zero-order chi connectivity index (χ0) is 14.2. The minimum absolute atomic E-state index is 0.981.